The molecule has 4 nitrogen and oxygen atoms in total. The Hall–Kier alpha value is -3.34. The Kier molecular flexibility index (Phi) is 6.27. The molecule has 34 heavy (non-hydrogen) atoms. The minimum atomic E-state index is -0.240. The van der Waals surface area contributed by atoms with Crippen LogP contribution < -0.4 is 5.32 Å². The van der Waals surface area contributed by atoms with Crippen LogP contribution in [0, 0.1) is 0 Å². The van der Waals surface area contributed by atoms with Crippen molar-refractivity contribution >= 4 is 29.3 Å². The average molecular weight is 471 g/mol. The van der Waals surface area contributed by atoms with Crippen molar-refractivity contribution in [3.63, 3.8) is 0 Å². The van der Waals surface area contributed by atoms with Gasteiger partial charge < -0.3 is 10.1 Å². The van der Waals surface area contributed by atoms with Crippen molar-refractivity contribution in [2.45, 2.75) is 12.0 Å². The predicted octanol–water partition coefficient (Wildman–Crippen LogP) is 6.16. The molecule has 1 N–H and O–H groups in total. The fourth-order valence-corrected chi connectivity index (χ4v) is 5.42. The Balaban J connectivity index is 0.00000241. The number of carbonyl (C=O) groups excluding carboxylic acids is 1. The first-order valence-corrected chi connectivity index (χ1v) is 11.6. The van der Waals surface area contributed by atoms with E-state index in [1.54, 1.807) is 0 Å². The lowest BCUT2D eigenvalue weighted by molar-refractivity contribution is 0.0755. The van der Waals surface area contributed by atoms with Crippen molar-refractivity contribution in [2.75, 3.05) is 26.2 Å². The van der Waals surface area contributed by atoms with E-state index in [0.29, 0.717) is 13.2 Å². The van der Waals surface area contributed by atoms with Crippen molar-refractivity contribution in [3.05, 3.63) is 108 Å². The highest BCUT2D eigenvalue weighted by Crippen LogP contribution is 2.44. The third-order valence-electron chi connectivity index (χ3n) is 7.00. The second kappa shape index (κ2) is 9.49. The van der Waals surface area contributed by atoms with Crippen molar-refractivity contribution < 1.29 is 9.53 Å². The lowest BCUT2D eigenvalue weighted by Gasteiger charge is -2.36. The van der Waals surface area contributed by atoms with Gasteiger partial charge in [-0.25, -0.2) is 4.79 Å². The minimum Gasteiger partial charge on any atom is -0.448 e. The summed E-state index contributed by atoms with van der Waals surface area (Å²) in [4.78, 5) is 15.3. The first-order valence-electron chi connectivity index (χ1n) is 11.6. The first kappa shape index (κ1) is 22.5. The van der Waals surface area contributed by atoms with Gasteiger partial charge in [0.2, 0.25) is 0 Å². The number of fused-ring (bicyclic) bond motifs is 4. The fraction of sp³-hybridized carbons (Fsp3) is 0.207. The summed E-state index contributed by atoms with van der Waals surface area (Å²) in [7, 11) is 0. The van der Waals surface area contributed by atoms with E-state index in [1.807, 2.05) is 4.90 Å². The zero-order valence-electron chi connectivity index (χ0n) is 18.8. The molecule has 1 atom stereocenters. The SMILES string of the molecule is Cl.O=C(OCC1c2ccccc2-c2ccccc21)N1CCNCC1c1cccc2ccccc12. The Morgan fingerprint density at radius 3 is 2.21 bits per heavy atom. The topological polar surface area (TPSA) is 41.6 Å². The summed E-state index contributed by atoms with van der Waals surface area (Å²) in [6.07, 6.45) is -0.240. The molecular formula is C29H27ClN2O2. The van der Waals surface area contributed by atoms with Crippen LogP contribution in [0.15, 0.2) is 91.0 Å². The number of nitrogens with zero attached hydrogens (tertiary/aromatic N) is 1. The summed E-state index contributed by atoms with van der Waals surface area (Å²) in [6, 6.07) is 31.5. The lowest BCUT2D eigenvalue weighted by Crippen LogP contribution is -2.49. The second-order valence-electron chi connectivity index (χ2n) is 8.79. The fourth-order valence-electron chi connectivity index (χ4n) is 5.42. The number of piperazine rings is 1. The van der Waals surface area contributed by atoms with Gasteiger partial charge in [0.05, 0.1) is 6.04 Å². The molecule has 4 aromatic rings. The van der Waals surface area contributed by atoms with E-state index < -0.39 is 0 Å². The maximum absolute atomic E-state index is 13.4. The number of amides is 1. The average Bonchev–Trinajstić information content (AvgIpc) is 3.20. The number of ether oxygens (including phenoxy) is 1. The molecule has 0 aromatic heterocycles. The van der Waals surface area contributed by atoms with Crippen LogP contribution in [0.3, 0.4) is 0 Å². The molecule has 1 saturated heterocycles. The smallest absolute Gasteiger partial charge is 0.410 e. The standard InChI is InChI=1S/C29H26N2O2.ClH/c32-29(33-19-27-24-13-5-3-11-22(24)23-12-4-6-14-25(23)27)31-17-16-30-18-28(31)26-15-7-9-20-8-1-2-10-21(20)26;/h1-15,27-28,30H,16-19H2;1H. The third-order valence-corrected chi connectivity index (χ3v) is 7.00. The van der Waals surface area contributed by atoms with E-state index in [9.17, 15) is 4.79 Å². The molecule has 1 aliphatic carbocycles. The van der Waals surface area contributed by atoms with E-state index >= 15 is 0 Å². The van der Waals surface area contributed by atoms with Gasteiger partial charge in [-0.2, -0.15) is 0 Å². The number of hydrogen-bond donors (Lipinski definition) is 1. The molecule has 0 spiro atoms. The molecule has 1 fully saturated rings. The molecule has 172 valence electrons. The molecular weight excluding hydrogens is 444 g/mol. The molecule has 4 aromatic carbocycles. The number of rotatable bonds is 3. The van der Waals surface area contributed by atoms with Crippen molar-refractivity contribution in [1.82, 2.24) is 10.2 Å². The first-order chi connectivity index (χ1) is 16.3. The largest absolute Gasteiger partial charge is 0.448 e. The molecule has 1 unspecified atom stereocenters. The molecule has 0 radical (unpaired) electrons. The highest BCUT2D eigenvalue weighted by molar-refractivity contribution is 5.87. The van der Waals surface area contributed by atoms with Crippen molar-refractivity contribution in [2.24, 2.45) is 0 Å². The normalized spacial score (nSPS) is 17.1. The monoisotopic (exact) mass is 470 g/mol. The number of halogens is 1. The molecule has 6 rings (SSSR count). The van der Waals surface area contributed by atoms with Gasteiger partial charge in [-0.05, 0) is 38.6 Å². The molecule has 5 heteroatoms. The number of hydrogen-bond acceptors (Lipinski definition) is 3. The van der Waals surface area contributed by atoms with E-state index in [-0.39, 0.29) is 30.5 Å². The van der Waals surface area contributed by atoms with Crippen LogP contribution in [-0.2, 0) is 4.74 Å². The van der Waals surface area contributed by atoms with E-state index in [0.717, 1.165) is 18.7 Å². The van der Waals surface area contributed by atoms with Crippen LogP contribution in [0.2, 0.25) is 0 Å². The second-order valence-corrected chi connectivity index (χ2v) is 8.79. The van der Waals surface area contributed by atoms with Gasteiger partial charge in [0.25, 0.3) is 0 Å². The number of carbonyl (C=O) groups is 1. The Morgan fingerprint density at radius 2 is 1.44 bits per heavy atom. The molecule has 2 aliphatic rings. The maximum atomic E-state index is 13.4. The molecule has 1 amide bonds. The van der Waals surface area contributed by atoms with Crippen LogP contribution >= 0.6 is 12.4 Å². The highest BCUT2D eigenvalue weighted by atomic mass is 35.5. The van der Waals surface area contributed by atoms with Gasteiger partial charge in [0.15, 0.2) is 0 Å². The Morgan fingerprint density at radius 1 is 0.824 bits per heavy atom. The van der Waals surface area contributed by atoms with Gasteiger partial charge in [-0.1, -0.05) is 91.0 Å². The molecule has 0 saturated carbocycles. The molecule has 1 aliphatic heterocycles. The number of nitrogens with one attached hydrogen (secondary N) is 1. The maximum Gasteiger partial charge on any atom is 0.410 e. The number of benzene rings is 4. The van der Waals surface area contributed by atoms with Crippen LogP contribution in [0.4, 0.5) is 4.79 Å². The Bertz CT molecular complexity index is 1290. The van der Waals surface area contributed by atoms with Crippen LogP contribution in [-0.4, -0.2) is 37.2 Å². The van der Waals surface area contributed by atoms with Crippen LogP contribution in [0.5, 0.6) is 0 Å². The summed E-state index contributed by atoms with van der Waals surface area (Å²) in [6.45, 7) is 2.47. The molecule has 0 bridgehead atoms. The van der Waals surface area contributed by atoms with Crippen molar-refractivity contribution in [1.29, 1.82) is 0 Å². The van der Waals surface area contributed by atoms with Crippen LogP contribution in [0.1, 0.15) is 28.7 Å². The summed E-state index contributed by atoms with van der Waals surface area (Å²) >= 11 is 0. The van der Waals surface area contributed by atoms with Gasteiger partial charge in [-0.15, -0.1) is 12.4 Å². The van der Waals surface area contributed by atoms with E-state index in [2.05, 4.69) is 96.3 Å². The lowest BCUT2D eigenvalue weighted by atomic mass is 9.96. The van der Waals surface area contributed by atoms with Gasteiger partial charge in [0, 0.05) is 25.6 Å². The highest BCUT2D eigenvalue weighted by Gasteiger charge is 2.33. The van der Waals surface area contributed by atoms with Crippen LogP contribution in [0.25, 0.3) is 21.9 Å². The summed E-state index contributed by atoms with van der Waals surface area (Å²) in [5.41, 5.74) is 6.11. The zero-order chi connectivity index (χ0) is 22.2. The zero-order valence-corrected chi connectivity index (χ0v) is 19.6. The van der Waals surface area contributed by atoms with E-state index in [1.165, 1.54) is 33.0 Å². The van der Waals surface area contributed by atoms with Gasteiger partial charge >= 0.3 is 6.09 Å². The van der Waals surface area contributed by atoms with E-state index in [4.69, 9.17) is 4.74 Å². The quantitative estimate of drug-likeness (QED) is 0.390. The third kappa shape index (κ3) is 3.83. The summed E-state index contributed by atoms with van der Waals surface area (Å²) < 4.78 is 6.00. The van der Waals surface area contributed by atoms with Gasteiger partial charge in [-0.3, -0.25) is 4.90 Å². The summed E-state index contributed by atoms with van der Waals surface area (Å²) in [5, 5.41) is 5.83. The minimum absolute atomic E-state index is 0. The Labute approximate surface area is 206 Å². The summed E-state index contributed by atoms with van der Waals surface area (Å²) in [5.74, 6) is 0.0697. The molecule has 1 heterocycles. The van der Waals surface area contributed by atoms with Crippen molar-refractivity contribution in [3.8, 4) is 11.1 Å². The predicted molar refractivity (Wildman–Crippen MR) is 139 cm³/mol. The van der Waals surface area contributed by atoms with Gasteiger partial charge in [0.1, 0.15) is 6.61 Å².